The molecule has 1 aromatic rings. The van der Waals surface area contributed by atoms with E-state index in [0.717, 1.165) is 17.9 Å². The molecule has 2 unspecified atom stereocenters. The Bertz CT molecular complexity index is 431. The van der Waals surface area contributed by atoms with Crippen LogP contribution in [0.3, 0.4) is 0 Å². The fraction of sp³-hybridized carbons (Fsp3) is 0.562. The Labute approximate surface area is 120 Å². The minimum absolute atomic E-state index is 0.0982. The van der Waals surface area contributed by atoms with Crippen molar-refractivity contribution in [2.75, 3.05) is 7.11 Å². The largest absolute Gasteiger partial charge is 0.469 e. The van der Waals surface area contributed by atoms with Crippen LogP contribution in [0.4, 0.5) is 0 Å². The van der Waals surface area contributed by atoms with Gasteiger partial charge >= 0.3 is 5.97 Å². The summed E-state index contributed by atoms with van der Waals surface area (Å²) < 4.78 is 4.84. The fourth-order valence-corrected chi connectivity index (χ4v) is 3.30. The van der Waals surface area contributed by atoms with Crippen molar-refractivity contribution in [3.05, 3.63) is 34.9 Å². The Hall–Kier alpha value is -1.02. The van der Waals surface area contributed by atoms with Crippen LogP contribution in [-0.2, 0) is 9.53 Å². The van der Waals surface area contributed by atoms with Gasteiger partial charge in [-0.3, -0.25) is 4.79 Å². The number of esters is 1. The van der Waals surface area contributed by atoms with Gasteiger partial charge in [0.15, 0.2) is 0 Å². The molecule has 19 heavy (non-hydrogen) atoms. The van der Waals surface area contributed by atoms with E-state index in [2.05, 4.69) is 6.07 Å². The Balaban J connectivity index is 2.19. The zero-order chi connectivity index (χ0) is 13.7. The van der Waals surface area contributed by atoms with Crippen molar-refractivity contribution in [1.82, 2.24) is 0 Å². The average Bonchev–Trinajstić information content (AvgIpc) is 2.64. The maximum atomic E-state index is 11.6. The highest BCUT2D eigenvalue weighted by Gasteiger charge is 2.27. The Morgan fingerprint density at radius 2 is 2.11 bits per heavy atom. The van der Waals surface area contributed by atoms with Gasteiger partial charge in [0, 0.05) is 11.4 Å². The first kappa shape index (κ1) is 14.4. The van der Waals surface area contributed by atoms with Crippen LogP contribution >= 0.6 is 11.6 Å². The van der Waals surface area contributed by atoms with Crippen LogP contribution in [-0.4, -0.2) is 13.1 Å². The van der Waals surface area contributed by atoms with Gasteiger partial charge < -0.3 is 4.74 Å². The first-order valence-electron chi connectivity index (χ1n) is 7.03. The smallest absolute Gasteiger partial charge is 0.305 e. The first-order valence-corrected chi connectivity index (χ1v) is 7.41. The molecule has 0 amide bonds. The van der Waals surface area contributed by atoms with Crippen LogP contribution in [0.1, 0.15) is 50.0 Å². The predicted molar refractivity (Wildman–Crippen MR) is 77.4 cm³/mol. The molecular formula is C16H21ClO2. The summed E-state index contributed by atoms with van der Waals surface area (Å²) in [7, 11) is 1.47. The second-order valence-corrected chi connectivity index (χ2v) is 5.78. The molecule has 2 atom stereocenters. The minimum atomic E-state index is -0.0982. The molecule has 1 fully saturated rings. The summed E-state index contributed by atoms with van der Waals surface area (Å²) in [4.78, 5) is 11.6. The van der Waals surface area contributed by atoms with Gasteiger partial charge in [-0.2, -0.15) is 0 Å². The van der Waals surface area contributed by atoms with Gasteiger partial charge in [0.25, 0.3) is 0 Å². The molecule has 2 nitrogen and oxygen atoms in total. The lowest BCUT2D eigenvalue weighted by Gasteiger charge is -2.24. The van der Waals surface area contributed by atoms with Crippen LogP contribution in [0.15, 0.2) is 24.3 Å². The summed E-state index contributed by atoms with van der Waals surface area (Å²) in [6.07, 6.45) is 6.46. The van der Waals surface area contributed by atoms with Crippen molar-refractivity contribution < 1.29 is 9.53 Å². The molecule has 0 bridgehead atoms. The topological polar surface area (TPSA) is 26.3 Å². The minimum Gasteiger partial charge on any atom is -0.469 e. The van der Waals surface area contributed by atoms with E-state index in [9.17, 15) is 4.79 Å². The zero-order valence-corrected chi connectivity index (χ0v) is 12.2. The zero-order valence-electron chi connectivity index (χ0n) is 11.4. The molecule has 0 radical (unpaired) electrons. The average molecular weight is 281 g/mol. The van der Waals surface area contributed by atoms with Crippen LogP contribution in [0.2, 0.25) is 5.02 Å². The standard InChI is InChI=1S/C16H21ClO2/c1-19-16(18)11-13-6-3-2-4-9-15(13)12-7-5-8-14(17)10-12/h5,7-8,10,13,15H,2-4,6,9,11H2,1H3. The monoisotopic (exact) mass is 280 g/mol. The number of ether oxygens (including phenoxy) is 1. The van der Waals surface area contributed by atoms with Crippen LogP contribution < -0.4 is 0 Å². The van der Waals surface area contributed by atoms with E-state index in [1.807, 2.05) is 18.2 Å². The van der Waals surface area contributed by atoms with E-state index in [1.165, 1.54) is 31.9 Å². The lowest BCUT2D eigenvalue weighted by molar-refractivity contribution is -0.142. The molecule has 1 saturated carbocycles. The highest BCUT2D eigenvalue weighted by molar-refractivity contribution is 6.30. The van der Waals surface area contributed by atoms with Gasteiger partial charge in [-0.15, -0.1) is 0 Å². The Morgan fingerprint density at radius 3 is 2.84 bits per heavy atom. The third-order valence-electron chi connectivity index (χ3n) is 4.09. The Kier molecular flexibility index (Phi) is 5.26. The van der Waals surface area contributed by atoms with Gasteiger partial charge in [-0.25, -0.2) is 0 Å². The molecule has 1 aromatic carbocycles. The fourth-order valence-electron chi connectivity index (χ4n) is 3.10. The number of hydrogen-bond acceptors (Lipinski definition) is 2. The number of halogens is 1. The van der Waals surface area contributed by atoms with Crippen LogP contribution in [0.25, 0.3) is 0 Å². The molecule has 0 heterocycles. The van der Waals surface area contributed by atoms with E-state index in [-0.39, 0.29) is 5.97 Å². The van der Waals surface area contributed by atoms with Crippen molar-refractivity contribution in [3.8, 4) is 0 Å². The highest BCUT2D eigenvalue weighted by Crippen LogP contribution is 2.39. The molecule has 2 rings (SSSR count). The van der Waals surface area contributed by atoms with Gasteiger partial charge in [0.1, 0.15) is 0 Å². The normalized spacial score (nSPS) is 23.7. The molecule has 3 heteroatoms. The van der Waals surface area contributed by atoms with Gasteiger partial charge in [-0.1, -0.05) is 43.0 Å². The molecule has 104 valence electrons. The number of carbonyl (C=O) groups excluding carboxylic acids is 1. The molecule has 0 aliphatic heterocycles. The molecule has 1 aliphatic rings. The van der Waals surface area contributed by atoms with E-state index in [1.54, 1.807) is 0 Å². The van der Waals surface area contributed by atoms with Crippen LogP contribution in [0.5, 0.6) is 0 Å². The molecule has 0 saturated heterocycles. The van der Waals surface area contributed by atoms with Gasteiger partial charge in [-0.05, 0) is 42.4 Å². The first-order chi connectivity index (χ1) is 9.20. The van der Waals surface area contributed by atoms with Crippen molar-refractivity contribution in [3.63, 3.8) is 0 Å². The summed E-state index contributed by atoms with van der Waals surface area (Å²) in [5.74, 6) is 0.715. The van der Waals surface area contributed by atoms with Gasteiger partial charge in [0.05, 0.1) is 7.11 Å². The molecular weight excluding hydrogens is 260 g/mol. The van der Waals surface area contributed by atoms with E-state index in [4.69, 9.17) is 16.3 Å². The summed E-state index contributed by atoms with van der Waals surface area (Å²) >= 11 is 6.09. The summed E-state index contributed by atoms with van der Waals surface area (Å²) in [6.45, 7) is 0. The molecule has 0 N–H and O–H groups in total. The lowest BCUT2D eigenvalue weighted by Crippen LogP contribution is -2.17. The number of carbonyl (C=O) groups is 1. The van der Waals surface area contributed by atoms with Gasteiger partial charge in [0.2, 0.25) is 0 Å². The van der Waals surface area contributed by atoms with Crippen molar-refractivity contribution in [2.45, 2.75) is 44.4 Å². The predicted octanol–water partition coefficient (Wildman–Crippen LogP) is 4.57. The lowest BCUT2D eigenvalue weighted by atomic mass is 9.80. The highest BCUT2D eigenvalue weighted by atomic mass is 35.5. The second kappa shape index (κ2) is 6.95. The number of hydrogen-bond donors (Lipinski definition) is 0. The SMILES string of the molecule is COC(=O)CC1CCCCCC1c1cccc(Cl)c1. The van der Waals surface area contributed by atoms with E-state index >= 15 is 0 Å². The second-order valence-electron chi connectivity index (χ2n) is 5.34. The molecule has 0 spiro atoms. The maximum absolute atomic E-state index is 11.6. The summed E-state index contributed by atoms with van der Waals surface area (Å²) in [6, 6.07) is 8.07. The summed E-state index contributed by atoms with van der Waals surface area (Å²) in [5, 5.41) is 0.776. The number of benzene rings is 1. The molecule has 0 aromatic heterocycles. The summed E-state index contributed by atoms with van der Waals surface area (Å²) in [5.41, 5.74) is 1.27. The van der Waals surface area contributed by atoms with E-state index < -0.39 is 0 Å². The van der Waals surface area contributed by atoms with E-state index in [0.29, 0.717) is 18.3 Å². The molecule has 1 aliphatic carbocycles. The maximum Gasteiger partial charge on any atom is 0.305 e. The third-order valence-corrected chi connectivity index (χ3v) is 4.33. The van der Waals surface area contributed by atoms with Crippen molar-refractivity contribution >= 4 is 17.6 Å². The van der Waals surface area contributed by atoms with Crippen molar-refractivity contribution in [2.24, 2.45) is 5.92 Å². The third kappa shape index (κ3) is 3.97. The Morgan fingerprint density at radius 1 is 1.32 bits per heavy atom. The number of methoxy groups -OCH3 is 1. The van der Waals surface area contributed by atoms with Crippen LogP contribution in [0, 0.1) is 5.92 Å². The quantitative estimate of drug-likeness (QED) is 0.599. The van der Waals surface area contributed by atoms with Crippen molar-refractivity contribution in [1.29, 1.82) is 0 Å². The number of rotatable bonds is 3.